The van der Waals surface area contributed by atoms with E-state index in [1.54, 1.807) is 0 Å². The number of carbonyl (C=O) groups excluding carboxylic acids is 3. The lowest BCUT2D eigenvalue weighted by Crippen LogP contribution is -2.30. The number of unbranched alkanes of at least 4 members (excludes halogenated alkanes) is 27. The fraction of sp³-hybridized carbons (Fsp3) is 0.939. The number of hydrogen-bond donors (Lipinski definition) is 0. The predicted molar refractivity (Wildman–Crippen MR) is 233 cm³/mol. The van der Waals surface area contributed by atoms with E-state index >= 15 is 0 Å². The van der Waals surface area contributed by atoms with Crippen molar-refractivity contribution in [2.75, 3.05) is 13.2 Å². The highest BCUT2D eigenvalue weighted by Crippen LogP contribution is 2.17. The van der Waals surface area contributed by atoms with E-state index in [0.29, 0.717) is 19.3 Å². The van der Waals surface area contributed by atoms with Crippen LogP contribution in [0.15, 0.2) is 0 Å². The second-order valence-electron chi connectivity index (χ2n) is 17.5. The maximum absolute atomic E-state index is 12.7. The molecule has 0 aromatic rings. The van der Waals surface area contributed by atoms with Crippen LogP contribution < -0.4 is 0 Å². The van der Waals surface area contributed by atoms with Crippen molar-refractivity contribution >= 4 is 17.9 Å². The van der Waals surface area contributed by atoms with Crippen LogP contribution in [0.25, 0.3) is 0 Å². The standard InChI is InChI=1S/C49H94O6/c1-6-8-9-10-11-18-24-29-34-39-47(50)53-42-46(43-54-48(51)40-35-30-26-21-22-27-32-37-44(3)4)55-49(52)41-36-31-25-20-17-15-13-12-14-16-19-23-28-33-38-45(5)7-2/h44-46H,6-43H2,1-5H3/t45?,46-/m0/s1. The van der Waals surface area contributed by atoms with E-state index in [2.05, 4.69) is 34.6 Å². The number of hydrogen-bond acceptors (Lipinski definition) is 6. The maximum atomic E-state index is 12.7. The molecule has 0 amide bonds. The van der Waals surface area contributed by atoms with Gasteiger partial charge < -0.3 is 14.2 Å². The minimum Gasteiger partial charge on any atom is -0.462 e. The Balaban J connectivity index is 4.25. The zero-order valence-electron chi connectivity index (χ0n) is 37.6. The normalized spacial score (nSPS) is 12.5. The molecule has 0 aliphatic rings. The third kappa shape index (κ3) is 41.9. The van der Waals surface area contributed by atoms with Crippen LogP contribution >= 0.6 is 0 Å². The molecule has 0 heterocycles. The van der Waals surface area contributed by atoms with Crippen molar-refractivity contribution in [2.45, 2.75) is 272 Å². The lowest BCUT2D eigenvalue weighted by molar-refractivity contribution is -0.167. The maximum Gasteiger partial charge on any atom is 0.306 e. The van der Waals surface area contributed by atoms with E-state index in [0.717, 1.165) is 69.6 Å². The zero-order chi connectivity index (χ0) is 40.5. The Morgan fingerprint density at radius 1 is 0.382 bits per heavy atom. The molecule has 0 aliphatic heterocycles. The Bertz CT molecular complexity index is 841. The van der Waals surface area contributed by atoms with Gasteiger partial charge in [-0.25, -0.2) is 0 Å². The van der Waals surface area contributed by atoms with Gasteiger partial charge in [-0.05, 0) is 31.1 Å². The minimum absolute atomic E-state index is 0.0650. The Labute approximate surface area is 342 Å². The van der Waals surface area contributed by atoms with E-state index in [-0.39, 0.29) is 31.1 Å². The average molecular weight is 779 g/mol. The molecular formula is C49H94O6. The molecule has 2 atom stereocenters. The highest BCUT2D eigenvalue weighted by atomic mass is 16.6. The largest absolute Gasteiger partial charge is 0.462 e. The first-order valence-electron chi connectivity index (χ1n) is 24.3. The lowest BCUT2D eigenvalue weighted by atomic mass is 9.99. The molecule has 0 radical (unpaired) electrons. The van der Waals surface area contributed by atoms with Gasteiger partial charge >= 0.3 is 17.9 Å². The number of ether oxygens (including phenoxy) is 3. The summed E-state index contributed by atoms with van der Waals surface area (Å²) in [6, 6.07) is 0. The molecule has 0 rings (SSSR count). The van der Waals surface area contributed by atoms with Gasteiger partial charge in [-0.3, -0.25) is 14.4 Å². The average Bonchev–Trinajstić information content (AvgIpc) is 3.17. The lowest BCUT2D eigenvalue weighted by Gasteiger charge is -2.18. The number of esters is 3. The molecule has 0 fully saturated rings. The summed E-state index contributed by atoms with van der Waals surface area (Å²) in [6.07, 6.45) is 40.9. The van der Waals surface area contributed by atoms with Crippen LogP contribution in [0.2, 0.25) is 0 Å². The highest BCUT2D eigenvalue weighted by Gasteiger charge is 2.19. The summed E-state index contributed by atoms with van der Waals surface area (Å²) in [5.74, 6) is 0.818. The van der Waals surface area contributed by atoms with Crippen molar-refractivity contribution in [3.63, 3.8) is 0 Å². The molecule has 0 aromatic carbocycles. The third-order valence-electron chi connectivity index (χ3n) is 11.3. The van der Waals surface area contributed by atoms with Crippen molar-refractivity contribution in [1.29, 1.82) is 0 Å². The molecule has 326 valence electrons. The summed E-state index contributed by atoms with van der Waals surface area (Å²) in [4.78, 5) is 37.7. The summed E-state index contributed by atoms with van der Waals surface area (Å²) in [5, 5.41) is 0. The summed E-state index contributed by atoms with van der Waals surface area (Å²) in [6.45, 7) is 11.3. The van der Waals surface area contributed by atoms with Gasteiger partial charge in [-0.1, -0.05) is 227 Å². The Morgan fingerprint density at radius 2 is 0.691 bits per heavy atom. The molecule has 6 heteroatoms. The van der Waals surface area contributed by atoms with Crippen LogP contribution in [-0.4, -0.2) is 37.2 Å². The molecule has 55 heavy (non-hydrogen) atoms. The number of carbonyl (C=O) groups is 3. The summed E-state index contributed by atoms with van der Waals surface area (Å²) >= 11 is 0. The predicted octanol–water partition coefficient (Wildman–Crippen LogP) is 15.4. The molecule has 0 aliphatic carbocycles. The number of rotatable bonds is 43. The summed E-state index contributed by atoms with van der Waals surface area (Å²) in [5.41, 5.74) is 0. The van der Waals surface area contributed by atoms with Crippen LogP contribution in [0.5, 0.6) is 0 Å². The second-order valence-corrected chi connectivity index (χ2v) is 17.5. The third-order valence-corrected chi connectivity index (χ3v) is 11.3. The fourth-order valence-corrected chi connectivity index (χ4v) is 7.25. The van der Waals surface area contributed by atoms with E-state index in [4.69, 9.17) is 14.2 Å². The van der Waals surface area contributed by atoms with Gasteiger partial charge in [0, 0.05) is 19.3 Å². The van der Waals surface area contributed by atoms with Crippen molar-refractivity contribution in [3.8, 4) is 0 Å². The SMILES string of the molecule is CCCCCCCCCCCC(=O)OC[C@@H](COC(=O)CCCCCCCCCC(C)C)OC(=O)CCCCCCCCCCCCCCCCC(C)CC. The fourth-order valence-electron chi connectivity index (χ4n) is 7.25. The van der Waals surface area contributed by atoms with Gasteiger partial charge in [0.25, 0.3) is 0 Å². The summed E-state index contributed by atoms with van der Waals surface area (Å²) in [7, 11) is 0. The van der Waals surface area contributed by atoms with Crippen molar-refractivity contribution in [3.05, 3.63) is 0 Å². The topological polar surface area (TPSA) is 78.9 Å². The molecule has 1 unspecified atom stereocenters. The first-order valence-corrected chi connectivity index (χ1v) is 24.3. The van der Waals surface area contributed by atoms with Crippen molar-refractivity contribution < 1.29 is 28.6 Å². The molecule has 0 aromatic heterocycles. The van der Waals surface area contributed by atoms with Crippen LogP contribution in [0.3, 0.4) is 0 Å². The first kappa shape index (κ1) is 53.4. The molecule has 0 spiro atoms. The molecule has 0 N–H and O–H groups in total. The van der Waals surface area contributed by atoms with Gasteiger partial charge in [0.1, 0.15) is 13.2 Å². The van der Waals surface area contributed by atoms with Gasteiger partial charge in [0.15, 0.2) is 6.10 Å². The highest BCUT2D eigenvalue weighted by molar-refractivity contribution is 5.71. The van der Waals surface area contributed by atoms with Crippen molar-refractivity contribution in [2.24, 2.45) is 11.8 Å². The van der Waals surface area contributed by atoms with Crippen LogP contribution in [-0.2, 0) is 28.6 Å². The Hall–Kier alpha value is -1.59. The molecule has 6 nitrogen and oxygen atoms in total. The minimum atomic E-state index is -0.760. The molecule has 0 saturated heterocycles. The van der Waals surface area contributed by atoms with Gasteiger partial charge in [0.05, 0.1) is 0 Å². The quantitative estimate of drug-likeness (QED) is 0.0348. The van der Waals surface area contributed by atoms with E-state index < -0.39 is 6.10 Å². The Morgan fingerprint density at radius 3 is 1.04 bits per heavy atom. The zero-order valence-corrected chi connectivity index (χ0v) is 37.6. The van der Waals surface area contributed by atoms with Gasteiger partial charge in [0.2, 0.25) is 0 Å². The van der Waals surface area contributed by atoms with Crippen LogP contribution in [0.4, 0.5) is 0 Å². The Kier molecular flexibility index (Phi) is 40.8. The smallest absolute Gasteiger partial charge is 0.306 e. The van der Waals surface area contributed by atoms with E-state index in [1.807, 2.05) is 0 Å². The van der Waals surface area contributed by atoms with E-state index in [9.17, 15) is 14.4 Å². The molecular weight excluding hydrogens is 685 g/mol. The second kappa shape index (κ2) is 42.0. The van der Waals surface area contributed by atoms with Crippen LogP contribution in [0.1, 0.15) is 266 Å². The van der Waals surface area contributed by atoms with Crippen LogP contribution in [0, 0.1) is 11.8 Å². The monoisotopic (exact) mass is 779 g/mol. The van der Waals surface area contributed by atoms with Gasteiger partial charge in [-0.15, -0.1) is 0 Å². The van der Waals surface area contributed by atoms with Crippen molar-refractivity contribution in [1.82, 2.24) is 0 Å². The molecule has 0 bridgehead atoms. The first-order chi connectivity index (χ1) is 26.8. The molecule has 0 saturated carbocycles. The van der Waals surface area contributed by atoms with Gasteiger partial charge in [-0.2, -0.15) is 0 Å². The van der Waals surface area contributed by atoms with E-state index in [1.165, 1.54) is 154 Å². The summed E-state index contributed by atoms with van der Waals surface area (Å²) < 4.78 is 16.7.